The minimum absolute atomic E-state index is 0.514. The molecular formula is C13H28N2. The second-order valence-electron chi connectivity index (χ2n) is 6.34. The molecule has 0 aromatic carbocycles. The lowest BCUT2D eigenvalue weighted by atomic mass is 9.70. The van der Waals surface area contributed by atoms with Gasteiger partial charge in [0, 0.05) is 20.6 Å². The molecule has 0 aromatic heterocycles. The molecule has 0 aromatic rings. The molecule has 15 heavy (non-hydrogen) atoms. The van der Waals surface area contributed by atoms with Gasteiger partial charge in [-0.15, -0.1) is 0 Å². The average molecular weight is 212 g/mol. The van der Waals surface area contributed by atoms with Gasteiger partial charge in [-0.3, -0.25) is 10.4 Å². The molecule has 1 aliphatic rings. The van der Waals surface area contributed by atoms with Gasteiger partial charge in [-0.05, 0) is 42.9 Å². The molecule has 0 amide bonds. The molecule has 1 rings (SSSR count). The van der Waals surface area contributed by atoms with E-state index < -0.39 is 0 Å². The highest BCUT2D eigenvalue weighted by atomic mass is 15.5. The molecule has 0 aliphatic heterocycles. The SMILES string of the molecule is CN(C)NCC1CCC(C(C)(C)C)CC1. The Morgan fingerprint density at radius 2 is 1.60 bits per heavy atom. The third kappa shape index (κ3) is 4.52. The highest BCUT2D eigenvalue weighted by Gasteiger charge is 2.29. The van der Waals surface area contributed by atoms with E-state index in [0.29, 0.717) is 5.41 Å². The van der Waals surface area contributed by atoms with Crippen molar-refractivity contribution in [3.63, 3.8) is 0 Å². The van der Waals surface area contributed by atoms with Crippen LogP contribution in [-0.4, -0.2) is 25.6 Å². The van der Waals surface area contributed by atoms with E-state index in [1.54, 1.807) is 0 Å². The molecule has 2 nitrogen and oxygen atoms in total. The number of nitrogens with zero attached hydrogens (tertiary/aromatic N) is 1. The topological polar surface area (TPSA) is 15.3 Å². The van der Waals surface area contributed by atoms with Crippen LogP contribution in [-0.2, 0) is 0 Å². The lowest BCUT2D eigenvalue weighted by molar-refractivity contribution is 0.138. The summed E-state index contributed by atoms with van der Waals surface area (Å²) in [5.74, 6) is 1.83. The zero-order valence-corrected chi connectivity index (χ0v) is 11.1. The van der Waals surface area contributed by atoms with E-state index in [1.807, 2.05) is 0 Å². The maximum atomic E-state index is 3.40. The van der Waals surface area contributed by atoms with E-state index in [1.165, 1.54) is 25.7 Å². The molecule has 2 heteroatoms. The summed E-state index contributed by atoms with van der Waals surface area (Å²) < 4.78 is 0. The minimum atomic E-state index is 0.514. The lowest BCUT2D eigenvalue weighted by Gasteiger charge is -2.37. The summed E-state index contributed by atoms with van der Waals surface area (Å²) in [5.41, 5.74) is 3.92. The van der Waals surface area contributed by atoms with Crippen LogP contribution in [0.5, 0.6) is 0 Å². The van der Waals surface area contributed by atoms with E-state index in [4.69, 9.17) is 0 Å². The highest BCUT2D eigenvalue weighted by molar-refractivity contribution is 4.80. The third-order valence-electron chi connectivity index (χ3n) is 3.77. The van der Waals surface area contributed by atoms with Gasteiger partial charge in [0.15, 0.2) is 0 Å². The largest absolute Gasteiger partial charge is 0.255 e. The van der Waals surface area contributed by atoms with E-state index in [2.05, 4.69) is 45.3 Å². The monoisotopic (exact) mass is 212 g/mol. The molecular weight excluding hydrogens is 184 g/mol. The van der Waals surface area contributed by atoms with Crippen molar-refractivity contribution in [3.05, 3.63) is 0 Å². The van der Waals surface area contributed by atoms with Crippen LogP contribution in [0.15, 0.2) is 0 Å². The smallest absolute Gasteiger partial charge is 0.0130 e. The van der Waals surface area contributed by atoms with E-state index >= 15 is 0 Å². The van der Waals surface area contributed by atoms with Gasteiger partial charge in [0.25, 0.3) is 0 Å². The van der Waals surface area contributed by atoms with Gasteiger partial charge in [0.1, 0.15) is 0 Å². The molecule has 0 spiro atoms. The first-order valence-electron chi connectivity index (χ1n) is 6.30. The fourth-order valence-electron chi connectivity index (χ4n) is 2.54. The predicted molar refractivity (Wildman–Crippen MR) is 66.6 cm³/mol. The van der Waals surface area contributed by atoms with Crippen LogP contribution in [0.4, 0.5) is 0 Å². The quantitative estimate of drug-likeness (QED) is 0.724. The molecule has 90 valence electrons. The first-order chi connectivity index (χ1) is 6.89. The molecule has 0 radical (unpaired) electrons. The molecule has 0 unspecified atom stereocenters. The van der Waals surface area contributed by atoms with E-state index in [9.17, 15) is 0 Å². The first kappa shape index (κ1) is 13.0. The standard InChI is InChI=1S/C13H28N2/c1-13(2,3)12-8-6-11(7-9-12)10-14-15(4)5/h11-12,14H,6-10H2,1-5H3. The Labute approximate surface area is 95.4 Å². The molecule has 0 bridgehead atoms. The molecule has 0 heterocycles. The molecule has 0 saturated heterocycles. The van der Waals surface area contributed by atoms with Gasteiger partial charge in [0.2, 0.25) is 0 Å². The van der Waals surface area contributed by atoms with Gasteiger partial charge in [0.05, 0.1) is 0 Å². The van der Waals surface area contributed by atoms with Crippen molar-refractivity contribution >= 4 is 0 Å². The maximum Gasteiger partial charge on any atom is 0.0130 e. The van der Waals surface area contributed by atoms with Crippen LogP contribution in [0.2, 0.25) is 0 Å². The van der Waals surface area contributed by atoms with Crippen LogP contribution >= 0.6 is 0 Å². The number of nitrogens with one attached hydrogen (secondary N) is 1. The lowest BCUT2D eigenvalue weighted by Crippen LogP contribution is -2.37. The molecule has 1 fully saturated rings. The summed E-state index contributed by atoms with van der Waals surface area (Å²) in [6.45, 7) is 8.31. The van der Waals surface area contributed by atoms with Crippen molar-refractivity contribution in [2.24, 2.45) is 17.3 Å². The Bertz CT molecular complexity index is 173. The fraction of sp³-hybridized carbons (Fsp3) is 1.00. The zero-order valence-electron chi connectivity index (χ0n) is 11.1. The Morgan fingerprint density at radius 1 is 1.07 bits per heavy atom. The van der Waals surface area contributed by atoms with Crippen molar-refractivity contribution in [2.75, 3.05) is 20.6 Å². The van der Waals surface area contributed by atoms with Crippen LogP contribution < -0.4 is 5.43 Å². The summed E-state index contributed by atoms with van der Waals surface area (Å²) in [4.78, 5) is 0. The van der Waals surface area contributed by atoms with Crippen LogP contribution in [0, 0.1) is 17.3 Å². The van der Waals surface area contributed by atoms with Gasteiger partial charge >= 0.3 is 0 Å². The van der Waals surface area contributed by atoms with Gasteiger partial charge in [-0.1, -0.05) is 20.8 Å². The average Bonchev–Trinajstić information content (AvgIpc) is 2.14. The van der Waals surface area contributed by atoms with Crippen molar-refractivity contribution in [3.8, 4) is 0 Å². The first-order valence-corrected chi connectivity index (χ1v) is 6.30. The maximum absolute atomic E-state index is 3.40. The minimum Gasteiger partial charge on any atom is -0.255 e. The van der Waals surface area contributed by atoms with Crippen LogP contribution in [0.1, 0.15) is 46.5 Å². The number of rotatable bonds is 3. The highest BCUT2D eigenvalue weighted by Crippen LogP contribution is 2.39. The zero-order chi connectivity index (χ0) is 11.5. The Hall–Kier alpha value is -0.0800. The summed E-state index contributed by atoms with van der Waals surface area (Å²) in [5, 5.41) is 2.07. The van der Waals surface area contributed by atoms with Gasteiger partial charge in [-0.25, -0.2) is 0 Å². The Morgan fingerprint density at radius 3 is 2.00 bits per heavy atom. The number of hydrogen-bond acceptors (Lipinski definition) is 2. The van der Waals surface area contributed by atoms with Crippen molar-refractivity contribution in [1.29, 1.82) is 0 Å². The molecule has 1 saturated carbocycles. The molecule has 0 atom stereocenters. The second-order valence-corrected chi connectivity index (χ2v) is 6.34. The Kier molecular flexibility index (Phi) is 4.60. The normalized spacial score (nSPS) is 28.4. The van der Waals surface area contributed by atoms with Crippen molar-refractivity contribution < 1.29 is 0 Å². The summed E-state index contributed by atoms with van der Waals surface area (Å²) in [6, 6.07) is 0. The summed E-state index contributed by atoms with van der Waals surface area (Å²) in [6.07, 6.45) is 5.65. The fourth-order valence-corrected chi connectivity index (χ4v) is 2.54. The van der Waals surface area contributed by atoms with Crippen molar-refractivity contribution in [1.82, 2.24) is 10.4 Å². The number of hydrogen-bond donors (Lipinski definition) is 1. The van der Waals surface area contributed by atoms with Crippen LogP contribution in [0.25, 0.3) is 0 Å². The molecule has 1 N–H and O–H groups in total. The third-order valence-corrected chi connectivity index (χ3v) is 3.77. The van der Waals surface area contributed by atoms with Crippen molar-refractivity contribution in [2.45, 2.75) is 46.5 Å². The Balaban J connectivity index is 2.24. The predicted octanol–water partition coefficient (Wildman–Crippen LogP) is 2.91. The van der Waals surface area contributed by atoms with Gasteiger partial charge in [-0.2, -0.15) is 0 Å². The second kappa shape index (κ2) is 5.31. The van der Waals surface area contributed by atoms with E-state index in [-0.39, 0.29) is 0 Å². The summed E-state index contributed by atoms with van der Waals surface area (Å²) in [7, 11) is 4.14. The molecule has 1 aliphatic carbocycles. The number of hydrazine groups is 1. The van der Waals surface area contributed by atoms with E-state index in [0.717, 1.165) is 18.4 Å². The van der Waals surface area contributed by atoms with Crippen LogP contribution in [0.3, 0.4) is 0 Å². The summed E-state index contributed by atoms with van der Waals surface area (Å²) >= 11 is 0. The van der Waals surface area contributed by atoms with Gasteiger partial charge < -0.3 is 0 Å².